The molecule has 31 heavy (non-hydrogen) atoms. The number of nitrogens with one attached hydrogen (secondary N) is 2. The minimum absolute atomic E-state index is 0. The van der Waals surface area contributed by atoms with E-state index in [1.54, 1.807) is 6.92 Å². The molecular formula is C21H34N6O4. The van der Waals surface area contributed by atoms with E-state index < -0.39 is 0 Å². The lowest BCUT2D eigenvalue weighted by Gasteiger charge is -2.08. The minimum atomic E-state index is -0.0844. The Morgan fingerprint density at radius 1 is 0.871 bits per heavy atom. The van der Waals surface area contributed by atoms with Crippen LogP contribution in [0.1, 0.15) is 40.4 Å². The Balaban J connectivity index is 0.00000512. The van der Waals surface area contributed by atoms with Crippen molar-refractivity contribution in [1.29, 1.82) is 0 Å². The van der Waals surface area contributed by atoms with Crippen molar-refractivity contribution in [3.05, 3.63) is 35.7 Å². The smallest absolute Gasteiger partial charge is 0.222 e. The molecule has 2 N–H and O–H groups in total. The number of ether oxygens (including phenoxy) is 2. The predicted octanol–water partition coefficient (Wildman–Crippen LogP) is 1.69. The first-order chi connectivity index (χ1) is 15.1. The van der Waals surface area contributed by atoms with E-state index in [4.69, 9.17) is 9.47 Å². The first-order valence-corrected chi connectivity index (χ1v) is 10.4. The van der Waals surface area contributed by atoms with E-state index >= 15 is 0 Å². The summed E-state index contributed by atoms with van der Waals surface area (Å²) in [6.45, 7) is 6.21. The largest absolute Gasteiger partial charge is 0.379 e. The van der Waals surface area contributed by atoms with Gasteiger partial charge in [0.25, 0.3) is 0 Å². The van der Waals surface area contributed by atoms with Crippen LogP contribution in [-0.4, -0.2) is 65.2 Å². The van der Waals surface area contributed by atoms with Crippen LogP contribution in [0, 0.1) is 6.92 Å². The number of aromatic nitrogens is 4. The average Bonchev–Trinajstić information content (AvgIpc) is 2.77. The molecule has 2 amide bonds. The van der Waals surface area contributed by atoms with Gasteiger partial charge in [0.15, 0.2) is 5.82 Å². The second-order valence-corrected chi connectivity index (χ2v) is 6.82. The zero-order chi connectivity index (χ0) is 22.3. The molecule has 0 aliphatic heterocycles. The lowest BCUT2D eigenvalue weighted by molar-refractivity contribution is -0.122. The van der Waals surface area contributed by atoms with E-state index in [0.717, 1.165) is 17.5 Å². The third-order valence-electron chi connectivity index (χ3n) is 4.17. The van der Waals surface area contributed by atoms with Crippen LogP contribution < -0.4 is 10.6 Å². The van der Waals surface area contributed by atoms with Crippen LogP contribution in [0.2, 0.25) is 0 Å². The highest BCUT2D eigenvalue weighted by atomic mass is 16.5. The van der Waals surface area contributed by atoms with Crippen LogP contribution in [0.15, 0.2) is 24.3 Å². The van der Waals surface area contributed by atoms with Crippen LogP contribution in [0.3, 0.4) is 0 Å². The Bertz CT molecular complexity index is 809. The number of amides is 2. The number of carbonyl (C=O) groups is 2. The van der Waals surface area contributed by atoms with Crippen molar-refractivity contribution in [2.45, 2.75) is 39.7 Å². The number of aryl methyl sites for hydroxylation is 1. The standard InChI is InChI=1S/C21H30N6O4.2H2/c1-3-4-19(28)22-10-12-31-14-13-30-11-9-20(29)23-15-17-5-7-18(8-6-17)21-26-24-16(2)25-27-21;;/h5-8H,3-4,9-15H2,1-2H3,(H,22,28)(H,23,29);2*1H. The van der Waals surface area contributed by atoms with Crippen molar-refractivity contribution in [3.8, 4) is 11.4 Å². The number of nitrogens with zero attached hydrogens (tertiary/aromatic N) is 4. The van der Waals surface area contributed by atoms with E-state index in [-0.39, 0.29) is 21.1 Å². The van der Waals surface area contributed by atoms with Crippen molar-refractivity contribution in [3.63, 3.8) is 0 Å². The van der Waals surface area contributed by atoms with E-state index in [1.165, 1.54) is 0 Å². The number of hydrogen-bond donors (Lipinski definition) is 2. The van der Waals surface area contributed by atoms with Crippen molar-refractivity contribution in [2.24, 2.45) is 0 Å². The molecule has 172 valence electrons. The molecule has 0 atom stereocenters. The highest BCUT2D eigenvalue weighted by molar-refractivity contribution is 5.76. The van der Waals surface area contributed by atoms with Crippen LogP contribution >= 0.6 is 0 Å². The molecule has 0 saturated carbocycles. The first-order valence-electron chi connectivity index (χ1n) is 10.4. The van der Waals surface area contributed by atoms with Gasteiger partial charge in [-0.1, -0.05) is 31.2 Å². The lowest BCUT2D eigenvalue weighted by Crippen LogP contribution is -2.27. The molecule has 0 aliphatic carbocycles. The van der Waals surface area contributed by atoms with Gasteiger partial charge in [-0.05, 0) is 18.9 Å². The molecule has 10 heteroatoms. The van der Waals surface area contributed by atoms with E-state index in [0.29, 0.717) is 57.6 Å². The average molecular weight is 435 g/mol. The summed E-state index contributed by atoms with van der Waals surface area (Å²) in [7, 11) is 0. The van der Waals surface area contributed by atoms with Crippen LogP contribution in [0.5, 0.6) is 0 Å². The van der Waals surface area contributed by atoms with Crippen LogP contribution in [0.25, 0.3) is 11.4 Å². The zero-order valence-electron chi connectivity index (χ0n) is 18.1. The molecular weight excluding hydrogens is 400 g/mol. The van der Waals surface area contributed by atoms with Gasteiger partial charge in [-0.15, -0.1) is 20.4 Å². The Hall–Kier alpha value is -2.98. The molecule has 0 radical (unpaired) electrons. The molecule has 10 nitrogen and oxygen atoms in total. The lowest BCUT2D eigenvalue weighted by atomic mass is 10.1. The van der Waals surface area contributed by atoms with E-state index in [2.05, 4.69) is 31.0 Å². The number of carbonyl (C=O) groups excluding carboxylic acids is 2. The molecule has 2 rings (SSSR count). The molecule has 0 bridgehead atoms. The molecule has 2 aromatic rings. The Morgan fingerprint density at radius 2 is 1.52 bits per heavy atom. The highest BCUT2D eigenvalue weighted by Crippen LogP contribution is 2.13. The van der Waals surface area contributed by atoms with Crippen LogP contribution in [0.4, 0.5) is 0 Å². The first kappa shape index (κ1) is 24.3. The normalized spacial score (nSPS) is 10.6. The third-order valence-corrected chi connectivity index (χ3v) is 4.17. The molecule has 0 unspecified atom stereocenters. The molecule has 0 aliphatic rings. The number of hydrogen-bond acceptors (Lipinski definition) is 8. The van der Waals surface area contributed by atoms with E-state index in [1.807, 2.05) is 31.2 Å². The fraction of sp³-hybridized carbons (Fsp3) is 0.524. The van der Waals surface area contributed by atoms with E-state index in [9.17, 15) is 9.59 Å². The Kier molecular flexibility index (Phi) is 11.0. The second-order valence-electron chi connectivity index (χ2n) is 6.82. The fourth-order valence-corrected chi connectivity index (χ4v) is 2.52. The molecule has 0 fully saturated rings. The van der Waals surface area contributed by atoms with Gasteiger partial charge in [-0.2, -0.15) is 0 Å². The summed E-state index contributed by atoms with van der Waals surface area (Å²) < 4.78 is 10.8. The monoisotopic (exact) mass is 434 g/mol. The third kappa shape index (κ3) is 10.1. The highest BCUT2D eigenvalue weighted by Gasteiger charge is 2.05. The van der Waals surface area contributed by atoms with Gasteiger partial charge in [-0.25, -0.2) is 0 Å². The maximum Gasteiger partial charge on any atom is 0.222 e. The Labute approximate surface area is 185 Å². The number of benzene rings is 1. The topological polar surface area (TPSA) is 128 Å². The molecule has 1 aromatic carbocycles. The minimum Gasteiger partial charge on any atom is -0.379 e. The summed E-state index contributed by atoms with van der Waals surface area (Å²) >= 11 is 0. The summed E-state index contributed by atoms with van der Waals surface area (Å²) in [4.78, 5) is 23.2. The van der Waals surface area contributed by atoms with Gasteiger partial charge in [0.1, 0.15) is 0 Å². The predicted molar refractivity (Wildman–Crippen MR) is 118 cm³/mol. The number of rotatable bonds is 14. The molecule has 0 spiro atoms. The molecule has 1 aromatic heterocycles. The molecule has 0 saturated heterocycles. The summed E-state index contributed by atoms with van der Waals surface area (Å²) in [6.07, 6.45) is 1.65. The summed E-state index contributed by atoms with van der Waals surface area (Å²) in [6, 6.07) is 7.54. The summed E-state index contributed by atoms with van der Waals surface area (Å²) in [5.74, 6) is 0.939. The van der Waals surface area contributed by atoms with Crippen molar-refractivity contribution in [1.82, 2.24) is 31.0 Å². The van der Waals surface area contributed by atoms with Crippen molar-refractivity contribution < 1.29 is 21.9 Å². The van der Waals surface area contributed by atoms with Gasteiger partial charge in [0.05, 0.1) is 26.4 Å². The van der Waals surface area contributed by atoms with Crippen molar-refractivity contribution >= 4 is 11.8 Å². The van der Waals surface area contributed by atoms with Gasteiger partial charge < -0.3 is 20.1 Å². The van der Waals surface area contributed by atoms with Crippen molar-refractivity contribution in [2.75, 3.05) is 33.0 Å². The molecule has 1 heterocycles. The quantitative estimate of drug-likeness (QED) is 0.430. The maximum atomic E-state index is 11.9. The zero-order valence-corrected chi connectivity index (χ0v) is 18.1. The second kappa shape index (κ2) is 14.1. The van der Waals surface area contributed by atoms with Gasteiger partial charge in [0.2, 0.25) is 17.6 Å². The SMILES string of the molecule is CCCC(=O)NCCOCCOCCC(=O)NCc1ccc(-c2nnc(C)nn2)cc1.[HH].[HH]. The maximum absolute atomic E-state index is 11.9. The van der Waals surface area contributed by atoms with Gasteiger partial charge >= 0.3 is 0 Å². The fourth-order valence-electron chi connectivity index (χ4n) is 2.52. The summed E-state index contributed by atoms with van der Waals surface area (Å²) in [5.41, 5.74) is 1.78. The Morgan fingerprint density at radius 3 is 2.19 bits per heavy atom. The summed E-state index contributed by atoms with van der Waals surface area (Å²) in [5, 5.41) is 21.4. The van der Waals surface area contributed by atoms with Gasteiger partial charge in [0, 0.05) is 34.3 Å². The van der Waals surface area contributed by atoms with Crippen LogP contribution in [-0.2, 0) is 25.6 Å². The van der Waals surface area contributed by atoms with Gasteiger partial charge in [-0.3, -0.25) is 9.59 Å².